The van der Waals surface area contributed by atoms with Crippen molar-refractivity contribution in [3.05, 3.63) is 60.2 Å². The third-order valence-electron chi connectivity index (χ3n) is 9.05. The van der Waals surface area contributed by atoms with Gasteiger partial charge in [0.05, 0.1) is 55.4 Å². The zero-order valence-electron chi connectivity index (χ0n) is 29.2. The molecule has 0 radical (unpaired) electrons. The van der Waals surface area contributed by atoms with Gasteiger partial charge in [-0.3, -0.25) is 9.63 Å². The van der Waals surface area contributed by atoms with E-state index < -0.39 is 59.2 Å². The monoisotopic (exact) mass is 747 g/mol. The first-order valence-corrected chi connectivity index (χ1v) is 19.2. The molecule has 16 nitrogen and oxygen atoms in total. The standard InChI is InChI=1S/C35H49N5O11S/c1-2-47-32(42)21-38-34(43)37-17-16-36-25-11-8-14-27(20-25)52(45,46)40(51-26-12-6-7-13-26)22-30(41)29(19-24-9-4-3-5-10-24)39-35(44)50-31-23-49-33-28(31)15-18-48-33/h3-5,8-11,14,20,26,28-31,33,36,41H,2,6-7,12-13,15-19,21-23H2,1H3,(H,39,44)(H2,37,38,43)/t28-,29-,30+,31-,33+/m0/s1. The fourth-order valence-corrected chi connectivity index (χ4v) is 7.70. The number of sulfonamides is 1. The van der Waals surface area contributed by atoms with E-state index in [9.17, 15) is 27.9 Å². The SMILES string of the molecule is CCOC(=O)CNC(=O)NCCNc1cccc(S(=O)(=O)N(C[C@@H](O)[C@H](Cc2ccccc2)NC(=O)O[C@H]2CO[C@H]3OCC[C@H]32)OC2CCCC2)c1. The van der Waals surface area contributed by atoms with Gasteiger partial charge in [-0.15, -0.1) is 0 Å². The molecule has 3 fully saturated rings. The number of nitrogens with zero attached hydrogens (tertiary/aromatic N) is 1. The summed E-state index contributed by atoms with van der Waals surface area (Å²) in [6, 6.07) is 13.9. The van der Waals surface area contributed by atoms with Crippen LogP contribution in [-0.2, 0) is 45.0 Å². The number of nitrogens with one attached hydrogen (secondary N) is 4. The summed E-state index contributed by atoms with van der Waals surface area (Å²) in [7, 11) is -4.32. The molecule has 1 saturated carbocycles. The average Bonchev–Trinajstić information content (AvgIpc) is 3.91. The summed E-state index contributed by atoms with van der Waals surface area (Å²) in [6.07, 6.45) is 0.575. The molecule has 2 aromatic carbocycles. The second kappa shape index (κ2) is 19.2. The molecular weight excluding hydrogens is 698 g/mol. The van der Waals surface area contributed by atoms with Crippen molar-refractivity contribution >= 4 is 33.8 Å². The van der Waals surface area contributed by atoms with E-state index in [0.29, 0.717) is 31.6 Å². The van der Waals surface area contributed by atoms with Gasteiger partial charge in [0.1, 0.15) is 12.6 Å². The number of rotatable bonds is 18. The number of carbonyl (C=O) groups excluding carboxylic acids is 3. The quantitative estimate of drug-likeness (QED) is 0.0848. The zero-order valence-corrected chi connectivity index (χ0v) is 30.1. The first-order chi connectivity index (χ1) is 25.1. The van der Waals surface area contributed by atoms with Crippen molar-refractivity contribution in [2.45, 2.75) is 81.0 Å². The van der Waals surface area contributed by atoms with Crippen molar-refractivity contribution in [3.63, 3.8) is 0 Å². The number of carbonyl (C=O) groups is 3. The molecule has 17 heteroatoms. The molecule has 2 aromatic rings. The fourth-order valence-electron chi connectivity index (χ4n) is 6.35. The van der Waals surface area contributed by atoms with Crippen molar-refractivity contribution in [1.29, 1.82) is 0 Å². The van der Waals surface area contributed by atoms with Gasteiger partial charge in [0.25, 0.3) is 10.0 Å². The van der Waals surface area contributed by atoms with E-state index in [1.54, 1.807) is 19.1 Å². The topological polar surface area (TPSA) is 203 Å². The molecule has 0 bridgehead atoms. The number of hydroxylamine groups is 1. The van der Waals surface area contributed by atoms with E-state index in [2.05, 4.69) is 21.3 Å². The summed E-state index contributed by atoms with van der Waals surface area (Å²) in [6.45, 7) is 2.30. The van der Waals surface area contributed by atoms with E-state index in [1.807, 2.05) is 30.3 Å². The third-order valence-corrected chi connectivity index (χ3v) is 10.7. The maximum absolute atomic E-state index is 14.2. The Bertz CT molecular complexity index is 1580. The molecule has 5 atom stereocenters. The van der Waals surface area contributed by atoms with Gasteiger partial charge in [0, 0.05) is 18.8 Å². The molecule has 0 aromatic heterocycles. The maximum atomic E-state index is 14.2. The maximum Gasteiger partial charge on any atom is 0.407 e. The summed E-state index contributed by atoms with van der Waals surface area (Å²) in [4.78, 5) is 42.6. The summed E-state index contributed by atoms with van der Waals surface area (Å²) in [5.41, 5.74) is 1.28. The molecule has 2 heterocycles. The number of benzene rings is 2. The van der Waals surface area contributed by atoms with Crippen molar-refractivity contribution in [3.8, 4) is 0 Å². The molecule has 3 aliphatic rings. The van der Waals surface area contributed by atoms with Crippen LogP contribution >= 0.6 is 0 Å². The normalized spacial score (nSPS) is 21.2. The Morgan fingerprint density at radius 2 is 1.79 bits per heavy atom. The van der Waals surface area contributed by atoms with E-state index in [4.69, 9.17) is 23.8 Å². The molecule has 5 rings (SSSR count). The van der Waals surface area contributed by atoms with Crippen LogP contribution in [0.1, 0.15) is 44.6 Å². The number of alkyl carbamates (subject to hydrolysis) is 1. The predicted octanol–water partition coefficient (Wildman–Crippen LogP) is 2.29. The highest BCUT2D eigenvalue weighted by Crippen LogP contribution is 2.33. The van der Waals surface area contributed by atoms with Crippen molar-refractivity contribution in [2.24, 2.45) is 5.92 Å². The van der Waals surface area contributed by atoms with Gasteiger partial charge in [0.2, 0.25) is 0 Å². The Kier molecular flexibility index (Phi) is 14.5. The van der Waals surface area contributed by atoms with Gasteiger partial charge >= 0.3 is 18.1 Å². The first kappa shape index (κ1) is 39.2. The van der Waals surface area contributed by atoms with Gasteiger partial charge in [-0.1, -0.05) is 53.7 Å². The van der Waals surface area contributed by atoms with E-state index in [1.165, 1.54) is 12.1 Å². The summed E-state index contributed by atoms with van der Waals surface area (Å²) >= 11 is 0. The molecular formula is C35H49N5O11S. The Morgan fingerprint density at radius 1 is 1.00 bits per heavy atom. The van der Waals surface area contributed by atoms with Gasteiger partial charge in [0.15, 0.2) is 6.29 Å². The first-order valence-electron chi connectivity index (χ1n) is 17.8. The number of aliphatic hydroxyl groups excluding tert-OH is 1. The highest BCUT2D eigenvalue weighted by Gasteiger charge is 2.44. The summed E-state index contributed by atoms with van der Waals surface area (Å²) < 4.78 is 50.8. The minimum Gasteiger partial charge on any atom is -0.465 e. The van der Waals surface area contributed by atoms with Crippen LogP contribution < -0.4 is 21.3 Å². The number of hydrogen-bond acceptors (Lipinski definition) is 12. The van der Waals surface area contributed by atoms with E-state index in [0.717, 1.165) is 22.9 Å². The summed E-state index contributed by atoms with van der Waals surface area (Å²) in [5.74, 6) is -0.627. The van der Waals surface area contributed by atoms with Crippen LogP contribution in [-0.4, -0.2) is 113 Å². The molecule has 5 N–H and O–H groups in total. The Balaban J connectivity index is 1.25. The Morgan fingerprint density at radius 3 is 2.56 bits per heavy atom. The number of urea groups is 1. The van der Waals surface area contributed by atoms with Crippen LogP contribution in [0.5, 0.6) is 0 Å². The van der Waals surface area contributed by atoms with Gasteiger partial charge in [-0.25, -0.2) is 18.0 Å². The number of esters is 1. The number of amides is 3. The average molecular weight is 748 g/mol. The number of hydrogen-bond donors (Lipinski definition) is 5. The second-order valence-corrected chi connectivity index (χ2v) is 14.7. The molecule has 0 unspecified atom stereocenters. The highest BCUT2D eigenvalue weighted by atomic mass is 32.2. The zero-order chi connectivity index (χ0) is 36.9. The smallest absolute Gasteiger partial charge is 0.407 e. The van der Waals surface area contributed by atoms with Gasteiger partial charge < -0.3 is 45.3 Å². The lowest BCUT2D eigenvalue weighted by molar-refractivity contribution is -0.145. The largest absolute Gasteiger partial charge is 0.465 e. The number of anilines is 1. The molecule has 2 saturated heterocycles. The lowest BCUT2D eigenvalue weighted by atomic mass is 10.0. The van der Waals surface area contributed by atoms with E-state index in [-0.39, 0.29) is 56.2 Å². The van der Waals surface area contributed by atoms with E-state index >= 15 is 0 Å². The van der Waals surface area contributed by atoms with Crippen molar-refractivity contribution < 1.29 is 51.7 Å². The molecule has 286 valence electrons. The van der Waals surface area contributed by atoms with Crippen molar-refractivity contribution in [2.75, 3.05) is 51.3 Å². The van der Waals surface area contributed by atoms with Crippen LogP contribution in [0, 0.1) is 5.92 Å². The lowest BCUT2D eigenvalue weighted by Crippen LogP contribution is -2.51. The Labute approximate surface area is 303 Å². The molecule has 3 amide bonds. The van der Waals surface area contributed by atoms with Crippen LogP contribution in [0.25, 0.3) is 0 Å². The second-order valence-electron chi connectivity index (χ2n) is 12.8. The van der Waals surface area contributed by atoms with Crippen LogP contribution in [0.4, 0.5) is 15.3 Å². The molecule has 0 spiro atoms. The highest BCUT2D eigenvalue weighted by molar-refractivity contribution is 7.89. The van der Waals surface area contributed by atoms with Gasteiger partial charge in [-0.05, 0) is 56.4 Å². The van der Waals surface area contributed by atoms with Crippen LogP contribution in [0.15, 0.2) is 59.5 Å². The lowest BCUT2D eigenvalue weighted by Gasteiger charge is -2.31. The Hall–Kier alpha value is -4.00. The molecule has 1 aliphatic carbocycles. The predicted molar refractivity (Wildman–Crippen MR) is 187 cm³/mol. The minimum atomic E-state index is -4.32. The fraction of sp³-hybridized carbons (Fsp3) is 0.571. The third kappa shape index (κ3) is 11.2. The summed E-state index contributed by atoms with van der Waals surface area (Å²) in [5, 5.41) is 22.5. The van der Waals surface area contributed by atoms with Crippen molar-refractivity contribution in [1.82, 2.24) is 20.4 Å². The van der Waals surface area contributed by atoms with Crippen LogP contribution in [0.2, 0.25) is 0 Å². The van der Waals surface area contributed by atoms with Crippen LogP contribution in [0.3, 0.4) is 0 Å². The van der Waals surface area contributed by atoms with Gasteiger partial charge in [-0.2, -0.15) is 0 Å². The molecule has 2 aliphatic heterocycles. The molecule has 52 heavy (non-hydrogen) atoms. The number of fused-ring (bicyclic) bond motifs is 1. The number of ether oxygens (including phenoxy) is 4. The minimum absolute atomic E-state index is 0.0764. The number of aliphatic hydroxyl groups is 1.